The topological polar surface area (TPSA) is 55.6 Å². The molecule has 2 atom stereocenters. The van der Waals surface area contributed by atoms with Gasteiger partial charge in [0.25, 0.3) is 0 Å². The minimum Gasteiger partial charge on any atom is -0.383 e. The summed E-state index contributed by atoms with van der Waals surface area (Å²) in [6.45, 7) is 3.22. The van der Waals surface area contributed by atoms with E-state index in [0.29, 0.717) is 19.6 Å². The lowest BCUT2D eigenvalue weighted by Gasteiger charge is -2.23. The monoisotopic (exact) mass is 172 g/mol. The lowest BCUT2D eigenvalue weighted by Crippen LogP contribution is -2.38. The van der Waals surface area contributed by atoms with Gasteiger partial charge in [-0.2, -0.15) is 0 Å². The molecule has 2 N–H and O–H groups in total. The zero-order valence-electron chi connectivity index (χ0n) is 7.62. The molecule has 0 saturated carbocycles. The first-order valence-corrected chi connectivity index (χ1v) is 4.19. The molecule has 0 aromatic rings. The fourth-order valence-electron chi connectivity index (χ4n) is 1.52. The molecular weight excluding hydrogens is 156 g/mol. The summed E-state index contributed by atoms with van der Waals surface area (Å²) < 4.78 is 4.96. The average molecular weight is 172 g/mol. The molecule has 4 nitrogen and oxygen atoms in total. The maximum Gasteiger partial charge on any atom is 0.224 e. The molecule has 1 rings (SSSR count). The van der Waals surface area contributed by atoms with Crippen molar-refractivity contribution in [3.63, 3.8) is 0 Å². The van der Waals surface area contributed by atoms with Crippen LogP contribution < -0.4 is 5.73 Å². The Hall–Kier alpha value is -0.610. The largest absolute Gasteiger partial charge is 0.383 e. The van der Waals surface area contributed by atoms with E-state index in [4.69, 9.17) is 10.5 Å². The molecular formula is C8H16N2O2. The van der Waals surface area contributed by atoms with Crippen molar-refractivity contribution in [2.45, 2.75) is 25.4 Å². The van der Waals surface area contributed by atoms with Crippen LogP contribution in [0.5, 0.6) is 0 Å². The second-order valence-electron chi connectivity index (χ2n) is 3.31. The van der Waals surface area contributed by atoms with E-state index in [0.717, 1.165) is 0 Å². The molecule has 1 aliphatic heterocycles. The van der Waals surface area contributed by atoms with Crippen LogP contribution in [0, 0.1) is 0 Å². The van der Waals surface area contributed by atoms with Gasteiger partial charge in [-0.25, -0.2) is 0 Å². The molecule has 1 saturated heterocycles. The zero-order chi connectivity index (χ0) is 9.14. The highest BCUT2D eigenvalue weighted by Gasteiger charge is 2.30. The molecule has 1 aliphatic rings. The van der Waals surface area contributed by atoms with E-state index in [1.807, 2.05) is 6.92 Å². The third kappa shape index (κ3) is 1.95. The summed E-state index contributed by atoms with van der Waals surface area (Å²) in [6.07, 6.45) is 0.480. The number of carbonyl (C=O) groups is 1. The van der Waals surface area contributed by atoms with E-state index in [-0.39, 0.29) is 18.0 Å². The van der Waals surface area contributed by atoms with Gasteiger partial charge in [-0.15, -0.1) is 0 Å². The molecule has 0 aromatic heterocycles. The molecule has 0 bridgehead atoms. The van der Waals surface area contributed by atoms with Crippen LogP contribution >= 0.6 is 0 Å². The van der Waals surface area contributed by atoms with Gasteiger partial charge < -0.3 is 15.4 Å². The highest BCUT2D eigenvalue weighted by atomic mass is 16.5. The normalized spacial score (nSPS) is 26.4. The van der Waals surface area contributed by atoms with Gasteiger partial charge in [-0.1, -0.05) is 0 Å². The predicted octanol–water partition coefficient (Wildman–Crippen LogP) is -0.419. The van der Waals surface area contributed by atoms with Gasteiger partial charge in [0, 0.05) is 26.1 Å². The molecule has 1 heterocycles. The van der Waals surface area contributed by atoms with Gasteiger partial charge in [-0.05, 0) is 6.92 Å². The number of hydrogen-bond acceptors (Lipinski definition) is 3. The maximum atomic E-state index is 11.3. The van der Waals surface area contributed by atoms with Gasteiger partial charge in [0.2, 0.25) is 5.91 Å². The highest BCUT2D eigenvalue weighted by molar-refractivity contribution is 5.79. The number of carbonyl (C=O) groups excluding carboxylic acids is 1. The number of ether oxygens (including phenoxy) is 1. The van der Waals surface area contributed by atoms with Crippen LogP contribution in [0.15, 0.2) is 0 Å². The van der Waals surface area contributed by atoms with Gasteiger partial charge in [0.05, 0.1) is 12.6 Å². The van der Waals surface area contributed by atoms with Crippen molar-refractivity contribution in [3.05, 3.63) is 0 Å². The number of likely N-dealkylation sites (tertiary alicyclic amines) is 1. The van der Waals surface area contributed by atoms with Gasteiger partial charge in [0.1, 0.15) is 0 Å². The maximum absolute atomic E-state index is 11.3. The van der Waals surface area contributed by atoms with Crippen molar-refractivity contribution in [3.8, 4) is 0 Å². The fraction of sp³-hybridized carbons (Fsp3) is 0.875. The third-order valence-corrected chi connectivity index (χ3v) is 2.13. The zero-order valence-corrected chi connectivity index (χ0v) is 7.62. The molecule has 70 valence electrons. The van der Waals surface area contributed by atoms with Crippen LogP contribution in [0.4, 0.5) is 0 Å². The van der Waals surface area contributed by atoms with Crippen molar-refractivity contribution in [1.29, 1.82) is 0 Å². The second kappa shape index (κ2) is 3.87. The quantitative estimate of drug-likeness (QED) is 0.629. The number of hydrogen-bond donors (Lipinski definition) is 1. The summed E-state index contributed by atoms with van der Waals surface area (Å²) in [7, 11) is 1.64. The van der Waals surface area contributed by atoms with Gasteiger partial charge in [0.15, 0.2) is 0 Å². The Bertz CT molecular complexity index is 172. The molecule has 0 aliphatic carbocycles. The SMILES string of the molecule is COCC(C)N1CC(N)CC1=O. The van der Waals surface area contributed by atoms with Crippen molar-refractivity contribution in [2.24, 2.45) is 5.73 Å². The van der Waals surface area contributed by atoms with Crippen molar-refractivity contribution < 1.29 is 9.53 Å². The van der Waals surface area contributed by atoms with E-state index in [1.54, 1.807) is 12.0 Å². The van der Waals surface area contributed by atoms with Crippen LogP contribution in [0.25, 0.3) is 0 Å². The van der Waals surface area contributed by atoms with Crippen molar-refractivity contribution in [2.75, 3.05) is 20.3 Å². The summed E-state index contributed by atoms with van der Waals surface area (Å²) in [6, 6.07) is 0.160. The lowest BCUT2D eigenvalue weighted by molar-refractivity contribution is -0.130. The van der Waals surface area contributed by atoms with Crippen LogP contribution in [-0.2, 0) is 9.53 Å². The standard InChI is InChI=1S/C8H16N2O2/c1-6(5-12-2)10-4-7(9)3-8(10)11/h6-7H,3-5,9H2,1-2H3. The Morgan fingerprint density at radius 3 is 2.92 bits per heavy atom. The fourth-order valence-corrected chi connectivity index (χ4v) is 1.52. The van der Waals surface area contributed by atoms with E-state index in [1.165, 1.54) is 0 Å². The van der Waals surface area contributed by atoms with E-state index >= 15 is 0 Å². The molecule has 2 unspecified atom stereocenters. The van der Waals surface area contributed by atoms with Crippen LogP contribution in [0.1, 0.15) is 13.3 Å². The first-order chi connectivity index (χ1) is 5.65. The smallest absolute Gasteiger partial charge is 0.224 e. The van der Waals surface area contributed by atoms with Crippen LogP contribution in [0.3, 0.4) is 0 Å². The van der Waals surface area contributed by atoms with Crippen LogP contribution in [0.2, 0.25) is 0 Å². The van der Waals surface area contributed by atoms with Gasteiger partial charge in [-0.3, -0.25) is 4.79 Å². The highest BCUT2D eigenvalue weighted by Crippen LogP contribution is 2.12. The Morgan fingerprint density at radius 1 is 1.83 bits per heavy atom. The average Bonchev–Trinajstić information content (AvgIpc) is 2.30. The third-order valence-electron chi connectivity index (χ3n) is 2.13. The Labute approximate surface area is 72.7 Å². The molecule has 1 fully saturated rings. The van der Waals surface area contributed by atoms with E-state index in [9.17, 15) is 4.79 Å². The Kier molecular flexibility index (Phi) is 3.05. The number of nitrogens with zero attached hydrogens (tertiary/aromatic N) is 1. The van der Waals surface area contributed by atoms with Crippen LogP contribution in [-0.4, -0.2) is 43.2 Å². The minimum absolute atomic E-state index is 0.0109. The molecule has 0 spiro atoms. The van der Waals surface area contributed by atoms with Crippen molar-refractivity contribution in [1.82, 2.24) is 4.90 Å². The number of rotatable bonds is 3. The van der Waals surface area contributed by atoms with E-state index in [2.05, 4.69) is 0 Å². The van der Waals surface area contributed by atoms with Crippen molar-refractivity contribution >= 4 is 5.91 Å². The molecule has 0 radical (unpaired) electrons. The number of amides is 1. The first-order valence-electron chi connectivity index (χ1n) is 4.19. The summed E-state index contributed by atoms with van der Waals surface area (Å²) in [5.74, 6) is 0.145. The van der Waals surface area contributed by atoms with E-state index < -0.39 is 0 Å². The predicted molar refractivity (Wildman–Crippen MR) is 45.6 cm³/mol. The first kappa shape index (κ1) is 9.48. The summed E-state index contributed by atoms with van der Waals surface area (Å²) in [5.41, 5.74) is 5.65. The minimum atomic E-state index is 0.0109. The Morgan fingerprint density at radius 2 is 2.50 bits per heavy atom. The summed E-state index contributed by atoms with van der Waals surface area (Å²) in [4.78, 5) is 13.1. The summed E-state index contributed by atoms with van der Waals surface area (Å²) >= 11 is 0. The molecule has 1 amide bonds. The lowest BCUT2D eigenvalue weighted by atomic mass is 10.3. The number of methoxy groups -OCH3 is 1. The molecule has 12 heavy (non-hydrogen) atoms. The molecule has 4 heteroatoms. The van der Waals surface area contributed by atoms with Gasteiger partial charge >= 0.3 is 0 Å². The second-order valence-corrected chi connectivity index (χ2v) is 3.31. The number of nitrogens with two attached hydrogens (primary N) is 1. The molecule has 0 aromatic carbocycles. The Balaban J connectivity index is 2.46. The summed E-state index contributed by atoms with van der Waals surface area (Å²) in [5, 5.41) is 0.